The second-order valence-corrected chi connectivity index (χ2v) is 4.56. The Bertz CT molecular complexity index is 699. The lowest BCUT2D eigenvalue weighted by Gasteiger charge is -1.99. The molecule has 0 fully saturated rings. The summed E-state index contributed by atoms with van der Waals surface area (Å²) in [4.78, 5) is 12.4. The van der Waals surface area contributed by atoms with Gasteiger partial charge in [0.15, 0.2) is 0 Å². The molecule has 3 rings (SSSR count). The van der Waals surface area contributed by atoms with E-state index in [1.54, 1.807) is 6.20 Å². The van der Waals surface area contributed by atoms with Crippen molar-refractivity contribution < 1.29 is 0 Å². The van der Waals surface area contributed by atoms with Crippen molar-refractivity contribution in [2.45, 2.75) is 13.8 Å². The monoisotopic (exact) mass is 249 g/mol. The Kier molecular flexibility index (Phi) is 2.88. The molecule has 0 radical (unpaired) electrons. The van der Waals surface area contributed by atoms with Gasteiger partial charge < -0.3 is 4.98 Å². The molecule has 0 bridgehead atoms. The fourth-order valence-corrected chi connectivity index (χ4v) is 2.20. The van der Waals surface area contributed by atoms with Crippen LogP contribution < -0.4 is 0 Å². The minimum Gasteiger partial charge on any atom is -0.341 e. The minimum atomic E-state index is 0.877. The molecule has 2 aromatic heterocycles. The minimum absolute atomic E-state index is 0.877. The maximum absolute atomic E-state index is 4.72. The molecule has 94 valence electrons. The quantitative estimate of drug-likeness (QED) is 0.751. The smallest absolute Gasteiger partial charge is 0.140 e. The molecule has 0 aliphatic carbocycles. The van der Waals surface area contributed by atoms with Crippen LogP contribution in [0, 0.1) is 13.8 Å². The third-order valence-corrected chi connectivity index (χ3v) is 3.19. The molecule has 3 nitrogen and oxygen atoms in total. The van der Waals surface area contributed by atoms with E-state index >= 15 is 0 Å². The van der Waals surface area contributed by atoms with Crippen LogP contribution >= 0.6 is 0 Å². The van der Waals surface area contributed by atoms with Crippen LogP contribution in [0.3, 0.4) is 0 Å². The summed E-state index contributed by atoms with van der Waals surface area (Å²) in [6.07, 6.45) is 1.80. The average molecular weight is 249 g/mol. The number of pyridine rings is 1. The molecule has 0 amide bonds. The van der Waals surface area contributed by atoms with E-state index in [0.29, 0.717) is 0 Å². The summed E-state index contributed by atoms with van der Waals surface area (Å²) < 4.78 is 0. The molecule has 0 unspecified atom stereocenters. The zero-order chi connectivity index (χ0) is 13.2. The van der Waals surface area contributed by atoms with Crippen molar-refractivity contribution in [3.05, 3.63) is 60.0 Å². The van der Waals surface area contributed by atoms with Gasteiger partial charge in [-0.05, 0) is 26.0 Å². The van der Waals surface area contributed by atoms with Crippen LogP contribution in [-0.2, 0) is 0 Å². The Balaban J connectivity index is 2.10. The lowest BCUT2D eigenvalue weighted by molar-refractivity contribution is 1.17. The molecule has 0 spiro atoms. The highest BCUT2D eigenvalue weighted by atomic mass is 14.9. The summed E-state index contributed by atoms with van der Waals surface area (Å²) in [6, 6.07) is 14.2. The van der Waals surface area contributed by atoms with Crippen LogP contribution in [0.15, 0.2) is 48.7 Å². The molecule has 3 aromatic rings. The second-order valence-electron chi connectivity index (χ2n) is 4.56. The van der Waals surface area contributed by atoms with Gasteiger partial charge in [0, 0.05) is 28.7 Å². The van der Waals surface area contributed by atoms with Crippen LogP contribution in [0.4, 0.5) is 0 Å². The Morgan fingerprint density at radius 1 is 0.947 bits per heavy atom. The van der Waals surface area contributed by atoms with E-state index in [9.17, 15) is 0 Å². The fraction of sp³-hybridized carbons (Fsp3) is 0.125. The van der Waals surface area contributed by atoms with Gasteiger partial charge in [0.1, 0.15) is 5.82 Å². The molecule has 1 N–H and O–H groups in total. The van der Waals surface area contributed by atoms with Crippen molar-refractivity contribution in [1.82, 2.24) is 15.0 Å². The molecule has 0 aliphatic heterocycles. The summed E-state index contributed by atoms with van der Waals surface area (Å²) in [5, 5.41) is 0. The van der Waals surface area contributed by atoms with Crippen LogP contribution in [0.25, 0.3) is 22.6 Å². The summed E-state index contributed by atoms with van der Waals surface area (Å²) in [7, 11) is 0. The lowest BCUT2D eigenvalue weighted by atomic mass is 10.1. The highest BCUT2D eigenvalue weighted by Crippen LogP contribution is 2.26. The van der Waals surface area contributed by atoms with E-state index in [2.05, 4.69) is 22.1 Å². The van der Waals surface area contributed by atoms with E-state index in [1.165, 1.54) is 0 Å². The van der Waals surface area contributed by atoms with Gasteiger partial charge in [-0.25, -0.2) is 4.98 Å². The van der Waals surface area contributed by atoms with E-state index < -0.39 is 0 Å². The molecular formula is C16H15N3. The number of hydrogen-bond donors (Lipinski definition) is 1. The van der Waals surface area contributed by atoms with Gasteiger partial charge in [0.05, 0.1) is 5.69 Å². The number of nitrogens with one attached hydrogen (secondary N) is 1. The van der Waals surface area contributed by atoms with Crippen molar-refractivity contribution in [3.63, 3.8) is 0 Å². The van der Waals surface area contributed by atoms with E-state index in [-0.39, 0.29) is 0 Å². The SMILES string of the molecule is Cc1ncccc1-c1nc(-c2ccccc2)c(C)[nH]1. The number of aryl methyl sites for hydroxylation is 2. The van der Waals surface area contributed by atoms with Crippen LogP contribution in [0.5, 0.6) is 0 Å². The van der Waals surface area contributed by atoms with Crippen LogP contribution in [0.1, 0.15) is 11.4 Å². The largest absolute Gasteiger partial charge is 0.341 e. The highest BCUT2D eigenvalue weighted by Gasteiger charge is 2.11. The third-order valence-electron chi connectivity index (χ3n) is 3.19. The maximum atomic E-state index is 4.72. The topological polar surface area (TPSA) is 41.6 Å². The number of rotatable bonds is 2. The van der Waals surface area contributed by atoms with Gasteiger partial charge in [-0.15, -0.1) is 0 Å². The summed E-state index contributed by atoms with van der Waals surface area (Å²) in [6.45, 7) is 4.04. The molecule has 19 heavy (non-hydrogen) atoms. The molecular weight excluding hydrogens is 234 g/mol. The van der Waals surface area contributed by atoms with E-state index in [4.69, 9.17) is 4.98 Å². The third kappa shape index (κ3) is 2.15. The number of H-pyrrole nitrogens is 1. The number of imidazole rings is 1. The second kappa shape index (κ2) is 4.69. The number of aromatic amines is 1. The van der Waals surface area contributed by atoms with Gasteiger partial charge in [-0.3, -0.25) is 4.98 Å². The Hall–Kier alpha value is -2.42. The highest BCUT2D eigenvalue weighted by molar-refractivity contribution is 5.67. The molecule has 0 saturated carbocycles. The normalized spacial score (nSPS) is 10.6. The standard InChI is InChI=1S/C16H15N3/c1-11-14(9-6-10-17-11)16-18-12(2)15(19-16)13-7-4-3-5-8-13/h3-10H,1-2H3,(H,18,19). The average Bonchev–Trinajstić information content (AvgIpc) is 2.82. The van der Waals surface area contributed by atoms with Gasteiger partial charge in [-0.1, -0.05) is 30.3 Å². The number of hydrogen-bond acceptors (Lipinski definition) is 2. The van der Waals surface area contributed by atoms with Crippen molar-refractivity contribution in [2.24, 2.45) is 0 Å². The predicted octanol–water partition coefficient (Wildman–Crippen LogP) is 3.76. The van der Waals surface area contributed by atoms with Gasteiger partial charge >= 0.3 is 0 Å². The zero-order valence-corrected chi connectivity index (χ0v) is 11.0. The maximum Gasteiger partial charge on any atom is 0.140 e. The van der Waals surface area contributed by atoms with E-state index in [0.717, 1.165) is 34.0 Å². The Morgan fingerprint density at radius 3 is 2.47 bits per heavy atom. The Morgan fingerprint density at radius 2 is 1.74 bits per heavy atom. The first-order valence-corrected chi connectivity index (χ1v) is 6.30. The number of aromatic nitrogens is 3. The number of benzene rings is 1. The first kappa shape index (κ1) is 11.7. The number of nitrogens with zero attached hydrogens (tertiary/aromatic N) is 2. The van der Waals surface area contributed by atoms with Crippen molar-refractivity contribution in [1.29, 1.82) is 0 Å². The molecule has 0 atom stereocenters. The first-order valence-electron chi connectivity index (χ1n) is 6.30. The summed E-state index contributed by atoms with van der Waals surface area (Å²) >= 11 is 0. The lowest BCUT2D eigenvalue weighted by Crippen LogP contribution is -1.88. The molecule has 3 heteroatoms. The van der Waals surface area contributed by atoms with Gasteiger partial charge in [-0.2, -0.15) is 0 Å². The molecule has 1 aromatic carbocycles. The van der Waals surface area contributed by atoms with Gasteiger partial charge in [0.2, 0.25) is 0 Å². The van der Waals surface area contributed by atoms with Crippen LogP contribution in [-0.4, -0.2) is 15.0 Å². The van der Waals surface area contributed by atoms with Crippen molar-refractivity contribution in [2.75, 3.05) is 0 Å². The predicted molar refractivity (Wildman–Crippen MR) is 76.7 cm³/mol. The summed E-state index contributed by atoms with van der Waals surface area (Å²) in [5.41, 5.74) is 5.23. The fourth-order valence-electron chi connectivity index (χ4n) is 2.20. The zero-order valence-electron chi connectivity index (χ0n) is 11.0. The van der Waals surface area contributed by atoms with Crippen LogP contribution in [0.2, 0.25) is 0 Å². The van der Waals surface area contributed by atoms with E-state index in [1.807, 2.05) is 44.2 Å². The molecule has 2 heterocycles. The molecule has 0 aliphatic rings. The van der Waals surface area contributed by atoms with Crippen molar-refractivity contribution in [3.8, 4) is 22.6 Å². The first-order chi connectivity index (χ1) is 9.25. The Labute approximate surface area is 112 Å². The summed E-state index contributed by atoms with van der Waals surface area (Å²) in [5.74, 6) is 0.877. The van der Waals surface area contributed by atoms with Crippen molar-refractivity contribution >= 4 is 0 Å². The molecule has 0 saturated heterocycles. The van der Waals surface area contributed by atoms with Gasteiger partial charge in [0.25, 0.3) is 0 Å².